The lowest BCUT2D eigenvalue weighted by Gasteiger charge is -2.59. The van der Waals surface area contributed by atoms with Gasteiger partial charge in [-0.1, -0.05) is 25.5 Å². The molecule has 3 heterocycles. The Bertz CT molecular complexity index is 772. The highest BCUT2D eigenvalue weighted by atomic mass is 16.2. The second-order valence-corrected chi connectivity index (χ2v) is 9.83. The standard InChI is InChI=1S/C24H32N2O/c1-23-13-10-21-18(11-15-26-22(27)7-3-4-12-24(21,26)2)20(23)9-8-19(23)17-6-5-14-25-16-17/h5-6,8,14,16,18,20-21H,3-4,7,9-13,15H2,1-2H3. The van der Waals surface area contributed by atoms with E-state index in [1.807, 2.05) is 12.4 Å². The number of carbonyl (C=O) groups is 1. The predicted octanol–water partition coefficient (Wildman–Crippen LogP) is 5.08. The largest absolute Gasteiger partial charge is 0.337 e. The maximum absolute atomic E-state index is 12.8. The molecule has 1 saturated carbocycles. The van der Waals surface area contributed by atoms with Crippen LogP contribution in [0.1, 0.15) is 70.8 Å². The molecule has 5 rings (SSSR count). The van der Waals surface area contributed by atoms with Gasteiger partial charge in [0.2, 0.25) is 5.91 Å². The van der Waals surface area contributed by atoms with Gasteiger partial charge in [-0.3, -0.25) is 9.78 Å². The van der Waals surface area contributed by atoms with Crippen LogP contribution in [0.3, 0.4) is 0 Å². The summed E-state index contributed by atoms with van der Waals surface area (Å²) in [6.45, 7) is 5.90. The minimum atomic E-state index is 0.0921. The summed E-state index contributed by atoms with van der Waals surface area (Å²) in [5.41, 5.74) is 3.21. The molecule has 0 radical (unpaired) electrons. The minimum Gasteiger partial charge on any atom is -0.337 e. The van der Waals surface area contributed by atoms with Gasteiger partial charge in [0, 0.05) is 30.9 Å². The Morgan fingerprint density at radius 2 is 2.04 bits per heavy atom. The van der Waals surface area contributed by atoms with Gasteiger partial charge in [-0.25, -0.2) is 0 Å². The van der Waals surface area contributed by atoms with Gasteiger partial charge in [0.1, 0.15) is 0 Å². The maximum Gasteiger partial charge on any atom is 0.223 e. The van der Waals surface area contributed by atoms with Crippen LogP contribution in [0.4, 0.5) is 0 Å². The molecular weight excluding hydrogens is 332 g/mol. The Kier molecular flexibility index (Phi) is 4.00. The first-order valence-corrected chi connectivity index (χ1v) is 11.0. The maximum atomic E-state index is 12.8. The van der Waals surface area contributed by atoms with Crippen LogP contribution in [-0.4, -0.2) is 27.9 Å². The number of aromatic nitrogens is 1. The molecule has 3 heteroatoms. The van der Waals surface area contributed by atoms with E-state index in [-0.39, 0.29) is 11.0 Å². The third kappa shape index (κ3) is 2.46. The van der Waals surface area contributed by atoms with Crippen LogP contribution in [0.25, 0.3) is 5.57 Å². The number of allylic oxidation sites excluding steroid dienone is 2. The van der Waals surface area contributed by atoms with Crippen molar-refractivity contribution in [3.63, 3.8) is 0 Å². The number of amides is 1. The molecule has 1 aromatic heterocycles. The van der Waals surface area contributed by atoms with Crippen LogP contribution >= 0.6 is 0 Å². The average Bonchev–Trinajstić information content (AvgIpc) is 2.95. The highest BCUT2D eigenvalue weighted by Crippen LogP contribution is 2.63. The van der Waals surface area contributed by atoms with Gasteiger partial charge in [-0.15, -0.1) is 0 Å². The Labute approximate surface area is 163 Å². The van der Waals surface area contributed by atoms with Crippen LogP contribution in [-0.2, 0) is 4.79 Å². The van der Waals surface area contributed by atoms with E-state index in [2.05, 4.69) is 41.9 Å². The summed E-state index contributed by atoms with van der Waals surface area (Å²) in [4.78, 5) is 19.4. The topological polar surface area (TPSA) is 33.2 Å². The predicted molar refractivity (Wildman–Crippen MR) is 108 cm³/mol. The molecule has 5 atom stereocenters. The minimum absolute atomic E-state index is 0.0921. The molecule has 1 aromatic rings. The molecule has 2 saturated heterocycles. The molecule has 3 nitrogen and oxygen atoms in total. The molecule has 5 unspecified atom stereocenters. The lowest BCUT2D eigenvalue weighted by molar-refractivity contribution is -0.150. The lowest BCUT2D eigenvalue weighted by Crippen LogP contribution is -2.62. The second kappa shape index (κ2) is 6.18. The summed E-state index contributed by atoms with van der Waals surface area (Å²) in [6.07, 6.45) is 15.6. The fourth-order valence-corrected chi connectivity index (χ4v) is 7.36. The quantitative estimate of drug-likeness (QED) is 0.696. The SMILES string of the molecule is CC12CCC3C(CCN4C(=O)CCCCC34C)C1CC=C2c1cccnc1. The first-order valence-electron chi connectivity index (χ1n) is 11.0. The van der Waals surface area contributed by atoms with Crippen molar-refractivity contribution in [2.24, 2.45) is 23.2 Å². The number of nitrogens with zero attached hydrogens (tertiary/aromatic N) is 2. The van der Waals surface area contributed by atoms with Gasteiger partial charge in [0.25, 0.3) is 0 Å². The average molecular weight is 365 g/mol. The van der Waals surface area contributed by atoms with E-state index in [9.17, 15) is 4.79 Å². The molecule has 27 heavy (non-hydrogen) atoms. The molecule has 2 aliphatic heterocycles. The molecule has 0 aromatic carbocycles. The molecule has 4 aliphatic rings. The van der Waals surface area contributed by atoms with Crippen molar-refractivity contribution in [2.75, 3.05) is 6.54 Å². The fourth-order valence-electron chi connectivity index (χ4n) is 7.36. The molecular formula is C24H32N2O. The van der Waals surface area contributed by atoms with Gasteiger partial charge in [0.15, 0.2) is 0 Å². The first kappa shape index (κ1) is 17.5. The molecule has 1 amide bonds. The Hall–Kier alpha value is -1.64. The number of carbonyl (C=O) groups excluding carboxylic acids is 1. The normalized spacial score (nSPS) is 41.3. The van der Waals surface area contributed by atoms with Crippen molar-refractivity contribution in [3.05, 3.63) is 36.2 Å². The third-order valence-corrected chi connectivity index (χ3v) is 8.72. The summed E-state index contributed by atoms with van der Waals surface area (Å²) in [5, 5.41) is 0. The number of piperidine rings is 1. The molecule has 3 fully saturated rings. The number of hydrogen-bond donors (Lipinski definition) is 0. The molecule has 144 valence electrons. The molecule has 2 aliphatic carbocycles. The summed E-state index contributed by atoms with van der Waals surface area (Å²) < 4.78 is 0. The summed E-state index contributed by atoms with van der Waals surface area (Å²) >= 11 is 0. The van der Waals surface area contributed by atoms with Crippen LogP contribution in [0, 0.1) is 23.2 Å². The number of fused-ring (bicyclic) bond motifs is 5. The van der Waals surface area contributed by atoms with Crippen LogP contribution in [0.5, 0.6) is 0 Å². The van der Waals surface area contributed by atoms with E-state index in [0.717, 1.165) is 31.2 Å². The van der Waals surface area contributed by atoms with E-state index in [4.69, 9.17) is 0 Å². The fraction of sp³-hybridized carbons (Fsp3) is 0.667. The third-order valence-electron chi connectivity index (χ3n) is 8.72. The van der Waals surface area contributed by atoms with Crippen molar-refractivity contribution in [2.45, 2.75) is 70.8 Å². The van der Waals surface area contributed by atoms with Crippen LogP contribution < -0.4 is 0 Å². The highest BCUT2D eigenvalue weighted by Gasteiger charge is 2.58. The zero-order chi connectivity index (χ0) is 18.6. The molecule has 0 spiro atoms. The van der Waals surface area contributed by atoms with Crippen molar-refractivity contribution < 1.29 is 4.79 Å². The van der Waals surface area contributed by atoms with E-state index in [1.165, 1.54) is 49.7 Å². The smallest absolute Gasteiger partial charge is 0.223 e. The van der Waals surface area contributed by atoms with Gasteiger partial charge < -0.3 is 4.90 Å². The number of rotatable bonds is 1. The zero-order valence-corrected chi connectivity index (χ0v) is 16.8. The second-order valence-electron chi connectivity index (χ2n) is 9.83. The first-order chi connectivity index (χ1) is 13.0. The zero-order valence-electron chi connectivity index (χ0n) is 16.8. The van der Waals surface area contributed by atoms with Crippen molar-refractivity contribution >= 4 is 11.5 Å². The van der Waals surface area contributed by atoms with E-state index < -0.39 is 0 Å². The van der Waals surface area contributed by atoms with E-state index >= 15 is 0 Å². The van der Waals surface area contributed by atoms with Gasteiger partial charge in [-0.05, 0) is 85.8 Å². The monoisotopic (exact) mass is 364 g/mol. The summed E-state index contributed by atoms with van der Waals surface area (Å²) in [7, 11) is 0. The van der Waals surface area contributed by atoms with Crippen molar-refractivity contribution in [1.29, 1.82) is 0 Å². The van der Waals surface area contributed by atoms with Gasteiger partial charge in [0.05, 0.1) is 0 Å². The van der Waals surface area contributed by atoms with Gasteiger partial charge >= 0.3 is 0 Å². The molecule has 0 N–H and O–H groups in total. The van der Waals surface area contributed by atoms with Crippen LogP contribution in [0.15, 0.2) is 30.6 Å². The Balaban J connectivity index is 1.47. The number of hydrogen-bond acceptors (Lipinski definition) is 2. The van der Waals surface area contributed by atoms with Crippen molar-refractivity contribution in [3.8, 4) is 0 Å². The summed E-state index contributed by atoms with van der Waals surface area (Å²) in [6, 6.07) is 4.29. The molecule has 0 bridgehead atoms. The number of pyridine rings is 1. The lowest BCUT2D eigenvalue weighted by atomic mass is 9.52. The Morgan fingerprint density at radius 3 is 2.85 bits per heavy atom. The summed E-state index contributed by atoms with van der Waals surface area (Å²) in [5.74, 6) is 2.57. The van der Waals surface area contributed by atoms with E-state index in [0.29, 0.717) is 11.8 Å². The Morgan fingerprint density at radius 1 is 1.15 bits per heavy atom. The van der Waals surface area contributed by atoms with Crippen molar-refractivity contribution in [1.82, 2.24) is 9.88 Å². The van der Waals surface area contributed by atoms with E-state index in [1.54, 1.807) is 0 Å². The highest BCUT2D eigenvalue weighted by molar-refractivity contribution is 5.77. The van der Waals surface area contributed by atoms with Gasteiger partial charge in [-0.2, -0.15) is 0 Å². The van der Waals surface area contributed by atoms with Crippen LogP contribution in [0.2, 0.25) is 0 Å².